The molecular formula is C16H24N2O4S. The third-order valence-electron chi connectivity index (χ3n) is 4.32. The molecule has 1 aromatic rings. The van der Waals surface area contributed by atoms with Crippen molar-refractivity contribution in [3.63, 3.8) is 0 Å². The van der Waals surface area contributed by atoms with Crippen molar-refractivity contribution in [2.75, 3.05) is 27.3 Å². The Morgan fingerprint density at radius 2 is 2.00 bits per heavy atom. The number of aryl methyl sites for hydroxylation is 1. The fourth-order valence-corrected chi connectivity index (χ4v) is 4.98. The van der Waals surface area contributed by atoms with Crippen LogP contribution in [0.3, 0.4) is 0 Å². The molecule has 1 aliphatic rings. The molecule has 0 radical (unpaired) electrons. The highest BCUT2D eigenvalue weighted by Crippen LogP contribution is 2.37. The van der Waals surface area contributed by atoms with Gasteiger partial charge in [-0.15, -0.1) is 0 Å². The molecule has 1 N–H and O–H groups in total. The standard InChI is InChI=1S/C16H24N2O4S/c1-13-5-7-14(8-6-13)23(20,21)18-10-4-9-16(18,12-22-3)11-15(19)17-2/h5-8H,4,9-12H2,1-3H3,(H,17,19). The zero-order valence-corrected chi connectivity index (χ0v) is 14.6. The van der Waals surface area contributed by atoms with Crippen LogP contribution in [0.1, 0.15) is 24.8 Å². The van der Waals surface area contributed by atoms with Gasteiger partial charge in [0.25, 0.3) is 0 Å². The van der Waals surface area contributed by atoms with E-state index in [1.54, 1.807) is 31.3 Å². The van der Waals surface area contributed by atoms with Crippen LogP contribution in [0.2, 0.25) is 0 Å². The number of nitrogens with zero attached hydrogens (tertiary/aromatic N) is 1. The first kappa shape index (κ1) is 17.9. The van der Waals surface area contributed by atoms with Gasteiger partial charge in [-0.25, -0.2) is 8.42 Å². The number of carbonyl (C=O) groups excluding carboxylic acids is 1. The summed E-state index contributed by atoms with van der Waals surface area (Å²) >= 11 is 0. The maximum Gasteiger partial charge on any atom is 0.243 e. The van der Waals surface area contributed by atoms with Gasteiger partial charge in [-0.05, 0) is 31.9 Å². The molecule has 0 aliphatic carbocycles. The van der Waals surface area contributed by atoms with Crippen LogP contribution in [0.5, 0.6) is 0 Å². The minimum Gasteiger partial charge on any atom is -0.383 e. The molecule has 0 bridgehead atoms. The number of hydrogen-bond acceptors (Lipinski definition) is 4. The van der Waals surface area contributed by atoms with Crippen LogP contribution >= 0.6 is 0 Å². The predicted octanol–water partition coefficient (Wildman–Crippen LogP) is 1.30. The van der Waals surface area contributed by atoms with Crippen molar-refractivity contribution in [1.29, 1.82) is 0 Å². The van der Waals surface area contributed by atoms with Crippen LogP contribution in [0, 0.1) is 6.92 Å². The maximum atomic E-state index is 13.0. The van der Waals surface area contributed by atoms with E-state index < -0.39 is 15.6 Å². The van der Waals surface area contributed by atoms with Gasteiger partial charge >= 0.3 is 0 Å². The van der Waals surface area contributed by atoms with E-state index in [9.17, 15) is 13.2 Å². The number of amides is 1. The summed E-state index contributed by atoms with van der Waals surface area (Å²) in [6, 6.07) is 6.78. The third-order valence-corrected chi connectivity index (χ3v) is 6.34. The summed E-state index contributed by atoms with van der Waals surface area (Å²) in [5, 5.41) is 2.58. The molecule has 2 rings (SSSR count). The van der Waals surface area contributed by atoms with E-state index in [0.717, 1.165) is 5.56 Å². The van der Waals surface area contributed by atoms with Gasteiger partial charge in [-0.1, -0.05) is 17.7 Å². The first-order chi connectivity index (χ1) is 10.9. The van der Waals surface area contributed by atoms with Crippen molar-refractivity contribution in [1.82, 2.24) is 9.62 Å². The van der Waals surface area contributed by atoms with Crippen molar-refractivity contribution in [2.45, 2.75) is 36.6 Å². The van der Waals surface area contributed by atoms with Crippen LogP contribution in [0.15, 0.2) is 29.2 Å². The second-order valence-corrected chi connectivity index (χ2v) is 7.86. The average molecular weight is 340 g/mol. The summed E-state index contributed by atoms with van der Waals surface area (Å²) in [6.45, 7) is 2.51. The Labute approximate surface area is 137 Å². The van der Waals surface area contributed by atoms with Crippen molar-refractivity contribution in [3.8, 4) is 0 Å². The average Bonchev–Trinajstić information content (AvgIpc) is 2.92. The molecule has 1 unspecified atom stereocenters. The number of nitrogens with one attached hydrogen (secondary N) is 1. The van der Waals surface area contributed by atoms with Crippen LogP contribution < -0.4 is 5.32 Å². The molecule has 1 amide bonds. The van der Waals surface area contributed by atoms with E-state index >= 15 is 0 Å². The first-order valence-electron chi connectivity index (χ1n) is 7.65. The Hall–Kier alpha value is -1.44. The van der Waals surface area contributed by atoms with E-state index in [-0.39, 0.29) is 23.8 Å². The number of benzene rings is 1. The summed E-state index contributed by atoms with van der Waals surface area (Å²) in [4.78, 5) is 12.2. The summed E-state index contributed by atoms with van der Waals surface area (Å²) in [5.41, 5.74) is 0.178. The van der Waals surface area contributed by atoms with Crippen molar-refractivity contribution in [2.24, 2.45) is 0 Å². The predicted molar refractivity (Wildman–Crippen MR) is 87.6 cm³/mol. The molecule has 23 heavy (non-hydrogen) atoms. The lowest BCUT2D eigenvalue weighted by Crippen LogP contribution is -2.52. The SMILES string of the molecule is CNC(=O)CC1(COC)CCCN1S(=O)(=O)c1ccc(C)cc1. The Bertz CT molecular complexity index is 657. The Morgan fingerprint density at radius 3 is 2.57 bits per heavy atom. The maximum absolute atomic E-state index is 13.0. The summed E-state index contributed by atoms with van der Waals surface area (Å²) < 4.78 is 32.8. The molecule has 1 fully saturated rings. The van der Waals surface area contributed by atoms with Gasteiger partial charge in [0.05, 0.1) is 17.0 Å². The van der Waals surface area contributed by atoms with Crippen LogP contribution in [0.4, 0.5) is 0 Å². The van der Waals surface area contributed by atoms with E-state index in [0.29, 0.717) is 19.4 Å². The van der Waals surface area contributed by atoms with E-state index in [4.69, 9.17) is 4.74 Å². The molecule has 1 aliphatic heterocycles. The van der Waals surface area contributed by atoms with Gasteiger partial charge in [0.15, 0.2) is 0 Å². The van der Waals surface area contributed by atoms with Crippen LogP contribution in [0.25, 0.3) is 0 Å². The molecule has 0 spiro atoms. The molecule has 1 aromatic carbocycles. The second-order valence-electron chi connectivity index (χ2n) is 6.00. The molecular weight excluding hydrogens is 316 g/mol. The number of hydrogen-bond donors (Lipinski definition) is 1. The molecule has 6 nitrogen and oxygen atoms in total. The minimum atomic E-state index is -3.67. The first-order valence-corrected chi connectivity index (χ1v) is 9.09. The largest absolute Gasteiger partial charge is 0.383 e. The zero-order chi connectivity index (χ0) is 17.1. The normalized spacial score (nSPS) is 22.2. The highest BCUT2D eigenvalue weighted by Gasteiger charge is 2.48. The zero-order valence-electron chi connectivity index (χ0n) is 13.8. The highest BCUT2D eigenvalue weighted by molar-refractivity contribution is 7.89. The number of sulfonamides is 1. The summed E-state index contributed by atoms with van der Waals surface area (Å²) in [6.07, 6.45) is 1.42. The second kappa shape index (κ2) is 6.98. The van der Waals surface area contributed by atoms with Gasteiger partial charge in [-0.3, -0.25) is 4.79 Å². The third kappa shape index (κ3) is 3.57. The fourth-order valence-electron chi connectivity index (χ4n) is 3.15. The summed E-state index contributed by atoms with van der Waals surface area (Å²) in [7, 11) is -0.585. The van der Waals surface area contributed by atoms with Gasteiger partial charge < -0.3 is 10.1 Å². The van der Waals surface area contributed by atoms with Gasteiger partial charge in [0.1, 0.15) is 0 Å². The molecule has 7 heteroatoms. The van der Waals surface area contributed by atoms with E-state index in [1.807, 2.05) is 6.92 Å². The minimum absolute atomic E-state index is 0.0996. The molecule has 0 aromatic heterocycles. The molecule has 1 saturated heterocycles. The number of carbonyl (C=O) groups is 1. The van der Waals surface area contributed by atoms with Gasteiger partial charge in [0.2, 0.25) is 15.9 Å². The van der Waals surface area contributed by atoms with Crippen LogP contribution in [-0.2, 0) is 19.6 Å². The lowest BCUT2D eigenvalue weighted by atomic mass is 9.94. The smallest absolute Gasteiger partial charge is 0.243 e. The van der Waals surface area contributed by atoms with Crippen molar-refractivity contribution < 1.29 is 17.9 Å². The summed E-state index contributed by atoms with van der Waals surface area (Å²) in [5.74, 6) is -0.187. The monoisotopic (exact) mass is 340 g/mol. The molecule has 1 heterocycles. The molecule has 0 saturated carbocycles. The Kier molecular flexibility index (Phi) is 5.44. The molecule has 128 valence electrons. The molecule has 1 atom stereocenters. The lowest BCUT2D eigenvalue weighted by molar-refractivity contribution is -0.123. The van der Waals surface area contributed by atoms with E-state index in [2.05, 4.69) is 5.32 Å². The number of ether oxygens (including phenoxy) is 1. The van der Waals surface area contributed by atoms with Crippen molar-refractivity contribution >= 4 is 15.9 Å². The topological polar surface area (TPSA) is 75.7 Å². The van der Waals surface area contributed by atoms with Gasteiger partial charge in [-0.2, -0.15) is 4.31 Å². The number of rotatable bonds is 6. The van der Waals surface area contributed by atoms with Gasteiger partial charge in [0, 0.05) is 27.1 Å². The van der Waals surface area contributed by atoms with Crippen LogP contribution in [-0.4, -0.2) is 51.5 Å². The Morgan fingerprint density at radius 1 is 1.35 bits per heavy atom. The quantitative estimate of drug-likeness (QED) is 0.847. The Balaban J connectivity index is 2.41. The fraction of sp³-hybridized carbons (Fsp3) is 0.562. The number of methoxy groups -OCH3 is 1. The van der Waals surface area contributed by atoms with Crippen molar-refractivity contribution in [3.05, 3.63) is 29.8 Å². The highest BCUT2D eigenvalue weighted by atomic mass is 32.2. The van der Waals surface area contributed by atoms with E-state index in [1.165, 1.54) is 11.4 Å². The lowest BCUT2D eigenvalue weighted by Gasteiger charge is -2.36.